The van der Waals surface area contributed by atoms with Crippen LogP contribution in [0.4, 0.5) is 0 Å². The maximum atomic E-state index is 6.10. The highest BCUT2D eigenvalue weighted by Gasteiger charge is 2.26. The van der Waals surface area contributed by atoms with Gasteiger partial charge in [-0.2, -0.15) is 0 Å². The molecule has 2 heteroatoms. The topological polar surface area (TPSA) is 9.23 Å². The summed E-state index contributed by atoms with van der Waals surface area (Å²) in [6, 6.07) is 20.5. The minimum absolute atomic E-state index is 0.717. The molecular weight excluding hydrogens is 260 g/mol. The highest BCUT2D eigenvalue weighted by molar-refractivity contribution is 6.84. The van der Waals surface area contributed by atoms with Crippen LogP contribution in [0.5, 0.6) is 0 Å². The second-order valence-electron chi connectivity index (χ2n) is 5.19. The van der Waals surface area contributed by atoms with E-state index in [0.29, 0.717) is 0 Å². The van der Waals surface area contributed by atoms with Crippen LogP contribution in [-0.4, -0.2) is 8.32 Å². The van der Waals surface area contributed by atoms with Crippen LogP contribution in [0.2, 0.25) is 13.1 Å². The Hall–Kier alpha value is -2.06. The Balaban J connectivity index is 2.03. The van der Waals surface area contributed by atoms with Crippen molar-refractivity contribution in [3.63, 3.8) is 0 Å². The fourth-order valence-corrected chi connectivity index (χ4v) is 3.85. The first-order valence-electron chi connectivity index (χ1n) is 6.74. The second kappa shape index (κ2) is 6.39. The average Bonchev–Trinajstić information content (AvgIpc) is 2.47. The summed E-state index contributed by atoms with van der Waals surface area (Å²) >= 11 is 0. The minimum Gasteiger partial charge on any atom is -0.540 e. The zero-order chi connectivity index (χ0) is 14.4. The van der Waals surface area contributed by atoms with Crippen molar-refractivity contribution in [3.8, 4) is 0 Å². The van der Waals surface area contributed by atoms with Gasteiger partial charge in [-0.15, -0.1) is 0 Å². The Bertz CT molecular complexity index is 585. The Kier molecular flexibility index (Phi) is 4.59. The Morgan fingerprint density at radius 2 is 1.50 bits per heavy atom. The zero-order valence-electron chi connectivity index (χ0n) is 12.0. The van der Waals surface area contributed by atoms with Crippen LogP contribution in [0.3, 0.4) is 0 Å². The normalized spacial score (nSPS) is 11.5. The van der Waals surface area contributed by atoms with Crippen molar-refractivity contribution >= 4 is 19.6 Å². The number of hydrogen-bond donors (Lipinski definition) is 0. The van der Waals surface area contributed by atoms with Crippen LogP contribution >= 0.6 is 0 Å². The van der Waals surface area contributed by atoms with Crippen LogP contribution < -0.4 is 5.19 Å². The van der Waals surface area contributed by atoms with Crippen molar-refractivity contribution in [2.45, 2.75) is 13.1 Å². The fourth-order valence-electron chi connectivity index (χ4n) is 2.01. The summed E-state index contributed by atoms with van der Waals surface area (Å²) < 4.78 is 6.10. The molecule has 0 aliphatic rings. The lowest BCUT2D eigenvalue weighted by molar-refractivity contribution is 0.450. The first kappa shape index (κ1) is 14.3. The molecule has 0 aromatic heterocycles. The third kappa shape index (κ3) is 3.97. The molecule has 0 saturated carbocycles. The number of allylic oxidation sites excluding steroid dienone is 1. The molecule has 0 bridgehead atoms. The maximum Gasteiger partial charge on any atom is 0.276 e. The predicted molar refractivity (Wildman–Crippen MR) is 89.3 cm³/mol. The van der Waals surface area contributed by atoms with Gasteiger partial charge < -0.3 is 4.43 Å². The van der Waals surface area contributed by atoms with Crippen molar-refractivity contribution in [3.05, 3.63) is 84.6 Å². The molecule has 0 fully saturated rings. The molecule has 0 N–H and O–H groups in total. The van der Waals surface area contributed by atoms with Gasteiger partial charge in [-0.3, -0.25) is 0 Å². The highest BCUT2D eigenvalue weighted by atomic mass is 28.4. The minimum atomic E-state index is -1.93. The largest absolute Gasteiger partial charge is 0.540 e. The van der Waals surface area contributed by atoms with E-state index in [-0.39, 0.29) is 0 Å². The first-order valence-corrected chi connectivity index (χ1v) is 9.65. The molecule has 2 rings (SSSR count). The van der Waals surface area contributed by atoms with Crippen LogP contribution in [0.1, 0.15) is 5.56 Å². The molecule has 0 aliphatic heterocycles. The van der Waals surface area contributed by atoms with Gasteiger partial charge in [0.05, 0.1) is 5.76 Å². The van der Waals surface area contributed by atoms with E-state index in [0.717, 1.165) is 11.3 Å². The standard InChI is InChI=1S/C18H20OSi/c1-16(14-15-17-10-6-4-7-11-17)19-20(2,3)18-12-8-5-9-13-18/h4-15H,1H2,2-3H3/b15-14+. The van der Waals surface area contributed by atoms with Crippen LogP contribution in [0, 0.1) is 0 Å². The van der Waals surface area contributed by atoms with Gasteiger partial charge in [-0.25, -0.2) is 0 Å². The molecule has 1 nitrogen and oxygen atoms in total. The third-order valence-electron chi connectivity index (χ3n) is 3.12. The predicted octanol–water partition coefficient (Wildman–Crippen LogP) is 4.34. The van der Waals surface area contributed by atoms with E-state index in [1.165, 1.54) is 5.19 Å². The van der Waals surface area contributed by atoms with E-state index < -0.39 is 8.32 Å². The number of hydrogen-bond acceptors (Lipinski definition) is 1. The maximum absolute atomic E-state index is 6.10. The summed E-state index contributed by atoms with van der Waals surface area (Å²) in [6.45, 7) is 8.37. The lowest BCUT2D eigenvalue weighted by Gasteiger charge is -2.24. The number of benzene rings is 2. The zero-order valence-corrected chi connectivity index (χ0v) is 13.0. The molecule has 0 saturated heterocycles. The van der Waals surface area contributed by atoms with Gasteiger partial charge in [0.15, 0.2) is 0 Å². The van der Waals surface area contributed by atoms with Crippen LogP contribution in [0.15, 0.2) is 79.1 Å². The molecule has 2 aromatic carbocycles. The molecule has 0 radical (unpaired) electrons. The summed E-state index contributed by atoms with van der Waals surface area (Å²) in [6.07, 6.45) is 3.96. The van der Waals surface area contributed by atoms with Gasteiger partial charge in [-0.05, 0) is 29.9 Å². The molecular formula is C18H20OSi. The highest BCUT2D eigenvalue weighted by Crippen LogP contribution is 2.12. The molecule has 0 spiro atoms. The summed E-state index contributed by atoms with van der Waals surface area (Å²) in [5, 5.41) is 1.27. The summed E-state index contributed by atoms with van der Waals surface area (Å²) in [4.78, 5) is 0. The lowest BCUT2D eigenvalue weighted by Crippen LogP contribution is -2.44. The quantitative estimate of drug-likeness (QED) is 0.450. The van der Waals surface area contributed by atoms with Gasteiger partial charge in [-0.1, -0.05) is 73.3 Å². The van der Waals surface area contributed by atoms with Gasteiger partial charge >= 0.3 is 0 Å². The van der Waals surface area contributed by atoms with Crippen LogP contribution in [0.25, 0.3) is 6.08 Å². The lowest BCUT2D eigenvalue weighted by atomic mass is 10.2. The van der Waals surface area contributed by atoms with Crippen LogP contribution in [-0.2, 0) is 4.43 Å². The van der Waals surface area contributed by atoms with E-state index in [1.54, 1.807) is 0 Å². The molecule has 0 unspecified atom stereocenters. The van der Waals surface area contributed by atoms with Crippen molar-refractivity contribution in [2.24, 2.45) is 0 Å². The SMILES string of the molecule is C=C(/C=C/c1ccccc1)O[Si](C)(C)c1ccccc1. The summed E-state index contributed by atoms with van der Waals surface area (Å²) in [5.74, 6) is 0.717. The number of rotatable bonds is 5. The molecule has 102 valence electrons. The summed E-state index contributed by atoms with van der Waals surface area (Å²) in [7, 11) is -1.93. The monoisotopic (exact) mass is 280 g/mol. The van der Waals surface area contributed by atoms with E-state index in [2.05, 4.69) is 56.1 Å². The molecule has 20 heavy (non-hydrogen) atoms. The molecule has 0 atom stereocenters. The molecule has 2 aromatic rings. The first-order chi connectivity index (χ1) is 9.58. The Labute approximate surface area is 122 Å². The van der Waals surface area contributed by atoms with Gasteiger partial charge in [0, 0.05) is 0 Å². The van der Waals surface area contributed by atoms with E-state index in [1.807, 2.05) is 36.4 Å². The average molecular weight is 280 g/mol. The molecule has 0 amide bonds. The van der Waals surface area contributed by atoms with Gasteiger partial charge in [0.1, 0.15) is 0 Å². The van der Waals surface area contributed by atoms with Crippen molar-refractivity contribution in [1.82, 2.24) is 0 Å². The van der Waals surface area contributed by atoms with Gasteiger partial charge in [0.2, 0.25) is 0 Å². The Morgan fingerprint density at radius 3 is 2.10 bits per heavy atom. The molecule has 0 heterocycles. The smallest absolute Gasteiger partial charge is 0.276 e. The van der Waals surface area contributed by atoms with Gasteiger partial charge in [0.25, 0.3) is 8.32 Å². The molecule has 0 aliphatic carbocycles. The van der Waals surface area contributed by atoms with E-state index in [4.69, 9.17) is 4.43 Å². The fraction of sp³-hybridized carbons (Fsp3) is 0.111. The third-order valence-corrected chi connectivity index (χ3v) is 5.61. The van der Waals surface area contributed by atoms with Crippen molar-refractivity contribution in [1.29, 1.82) is 0 Å². The summed E-state index contributed by atoms with van der Waals surface area (Å²) in [5.41, 5.74) is 1.15. The Morgan fingerprint density at radius 1 is 0.950 bits per heavy atom. The second-order valence-corrected chi connectivity index (χ2v) is 8.99. The van der Waals surface area contributed by atoms with Crippen molar-refractivity contribution < 1.29 is 4.43 Å². The van der Waals surface area contributed by atoms with Crippen molar-refractivity contribution in [2.75, 3.05) is 0 Å². The van der Waals surface area contributed by atoms with E-state index >= 15 is 0 Å². The van der Waals surface area contributed by atoms with E-state index in [9.17, 15) is 0 Å².